The van der Waals surface area contributed by atoms with Crippen LogP contribution in [0.1, 0.15) is 44.2 Å². The molecule has 0 bridgehead atoms. The van der Waals surface area contributed by atoms with E-state index < -0.39 is 0 Å². The number of aromatic nitrogens is 2. The average Bonchev–Trinajstić information content (AvgIpc) is 3.62. The normalized spacial score (nSPS) is 18.2. The number of anilines is 2. The fourth-order valence-corrected chi connectivity index (χ4v) is 4.66. The van der Waals surface area contributed by atoms with Crippen molar-refractivity contribution >= 4 is 28.3 Å². The Morgan fingerprint density at radius 1 is 1.21 bits per heavy atom. The number of carbonyl (C=O) groups excluding carboxylic acids is 1. The van der Waals surface area contributed by atoms with Crippen molar-refractivity contribution in [2.45, 2.75) is 44.8 Å². The van der Waals surface area contributed by atoms with Crippen LogP contribution in [0.15, 0.2) is 60.9 Å². The fraction of sp³-hybridized carbons (Fsp3) is 0.433. The molecule has 5 rings (SSSR count). The summed E-state index contributed by atoms with van der Waals surface area (Å²) in [4.78, 5) is 24.0. The molecule has 38 heavy (non-hydrogen) atoms. The van der Waals surface area contributed by atoms with Gasteiger partial charge in [0.1, 0.15) is 17.9 Å². The summed E-state index contributed by atoms with van der Waals surface area (Å²) < 4.78 is 11.8. The molecule has 1 amide bonds. The Morgan fingerprint density at radius 2 is 2.05 bits per heavy atom. The number of nitrogens with zero attached hydrogens (tertiary/aromatic N) is 3. The van der Waals surface area contributed by atoms with E-state index in [4.69, 9.17) is 9.47 Å². The second kappa shape index (κ2) is 12.4. The van der Waals surface area contributed by atoms with Gasteiger partial charge >= 0.3 is 0 Å². The molecule has 2 N–H and O–H groups in total. The van der Waals surface area contributed by atoms with Crippen molar-refractivity contribution in [2.75, 3.05) is 44.0 Å². The van der Waals surface area contributed by atoms with Crippen molar-refractivity contribution in [1.29, 1.82) is 0 Å². The molecule has 0 radical (unpaired) electrons. The first-order valence-electron chi connectivity index (χ1n) is 13.6. The summed E-state index contributed by atoms with van der Waals surface area (Å²) in [6.45, 7) is 5.13. The van der Waals surface area contributed by atoms with Gasteiger partial charge in [-0.3, -0.25) is 4.79 Å². The number of rotatable bonds is 12. The van der Waals surface area contributed by atoms with Crippen LogP contribution < -0.4 is 15.4 Å². The van der Waals surface area contributed by atoms with Crippen LogP contribution >= 0.6 is 0 Å². The van der Waals surface area contributed by atoms with Crippen molar-refractivity contribution in [3.8, 4) is 5.75 Å². The maximum Gasteiger partial charge on any atom is 0.248 e. The molecule has 1 aliphatic heterocycles. The van der Waals surface area contributed by atoms with E-state index in [0.717, 1.165) is 42.5 Å². The molecule has 1 aliphatic carbocycles. The van der Waals surface area contributed by atoms with Gasteiger partial charge in [0.25, 0.3) is 0 Å². The number of hydrogen-bond acceptors (Lipinski definition) is 7. The summed E-state index contributed by atoms with van der Waals surface area (Å²) >= 11 is 0. The second-order valence-electron chi connectivity index (χ2n) is 10.4. The summed E-state index contributed by atoms with van der Waals surface area (Å²) in [5.41, 5.74) is 2.54. The Kier molecular flexibility index (Phi) is 8.51. The molecule has 2 heterocycles. The first-order chi connectivity index (χ1) is 18.5. The molecule has 1 saturated heterocycles. The Labute approximate surface area is 224 Å². The largest absolute Gasteiger partial charge is 0.491 e. The van der Waals surface area contributed by atoms with Gasteiger partial charge in [-0.25, -0.2) is 9.97 Å². The third kappa shape index (κ3) is 7.08. The van der Waals surface area contributed by atoms with E-state index in [1.165, 1.54) is 12.8 Å². The van der Waals surface area contributed by atoms with Gasteiger partial charge in [-0.05, 0) is 57.2 Å². The molecule has 2 aliphatic rings. The van der Waals surface area contributed by atoms with Gasteiger partial charge in [0.2, 0.25) is 5.91 Å². The van der Waals surface area contributed by atoms with Gasteiger partial charge in [0.15, 0.2) is 0 Å². The molecule has 2 atom stereocenters. The van der Waals surface area contributed by atoms with Crippen molar-refractivity contribution in [1.82, 2.24) is 14.9 Å². The summed E-state index contributed by atoms with van der Waals surface area (Å²) in [6.07, 6.45) is 9.91. The Morgan fingerprint density at radius 3 is 2.82 bits per heavy atom. The standard InChI is InChI=1S/C30H37N5O3/c1-21(23-8-4-3-5-9-23)33-30-25-16-27(28(38-19-22-12-13-22)17-26(25)31-20-32-30)34-29(36)11-6-14-35(2)18-24-10-7-15-37-24/h3-6,8-9,11,16-17,20-22,24H,7,10,12-15,18-19H2,1-2H3,(H,34,36)(H,31,32,33)/t21-,24?/m1/s1. The molecular formula is C30H37N5O3. The third-order valence-electron chi connectivity index (χ3n) is 7.04. The predicted octanol–water partition coefficient (Wildman–Crippen LogP) is 5.20. The maximum atomic E-state index is 12.9. The predicted molar refractivity (Wildman–Crippen MR) is 150 cm³/mol. The van der Waals surface area contributed by atoms with Crippen LogP contribution in [0.25, 0.3) is 10.9 Å². The first-order valence-corrected chi connectivity index (χ1v) is 13.6. The Hall–Kier alpha value is -3.49. The zero-order valence-corrected chi connectivity index (χ0v) is 22.2. The number of amides is 1. The lowest BCUT2D eigenvalue weighted by atomic mass is 10.1. The van der Waals surface area contributed by atoms with Crippen molar-refractivity contribution in [3.05, 3.63) is 66.5 Å². The van der Waals surface area contributed by atoms with E-state index in [-0.39, 0.29) is 11.9 Å². The second-order valence-corrected chi connectivity index (χ2v) is 10.4. The van der Waals surface area contributed by atoms with Crippen LogP contribution in [0.5, 0.6) is 5.75 Å². The summed E-state index contributed by atoms with van der Waals surface area (Å²) in [7, 11) is 2.04. The number of likely N-dealkylation sites (N-methyl/N-ethyl adjacent to an activating group) is 1. The molecule has 3 aromatic rings. The van der Waals surface area contributed by atoms with Crippen LogP contribution in [-0.2, 0) is 9.53 Å². The molecule has 8 nitrogen and oxygen atoms in total. The smallest absolute Gasteiger partial charge is 0.248 e. The van der Waals surface area contributed by atoms with Crippen molar-refractivity contribution in [3.63, 3.8) is 0 Å². The van der Waals surface area contributed by atoms with Crippen LogP contribution in [-0.4, -0.2) is 60.2 Å². The Bertz CT molecular complexity index is 1260. The number of hydrogen-bond donors (Lipinski definition) is 2. The van der Waals surface area contributed by atoms with Gasteiger partial charge in [-0.15, -0.1) is 0 Å². The Balaban J connectivity index is 1.31. The quantitative estimate of drug-likeness (QED) is 0.321. The van der Waals surface area contributed by atoms with Gasteiger partial charge in [0, 0.05) is 43.3 Å². The highest BCUT2D eigenvalue weighted by atomic mass is 16.5. The molecule has 1 unspecified atom stereocenters. The number of nitrogens with one attached hydrogen (secondary N) is 2. The summed E-state index contributed by atoms with van der Waals surface area (Å²) in [5, 5.41) is 7.36. The number of ether oxygens (including phenoxy) is 2. The minimum absolute atomic E-state index is 0.0488. The monoisotopic (exact) mass is 515 g/mol. The first kappa shape index (κ1) is 26.1. The van der Waals surface area contributed by atoms with Crippen LogP contribution in [0.2, 0.25) is 0 Å². The highest BCUT2D eigenvalue weighted by Crippen LogP contribution is 2.36. The summed E-state index contributed by atoms with van der Waals surface area (Å²) in [5.74, 6) is 1.72. The third-order valence-corrected chi connectivity index (χ3v) is 7.04. The highest BCUT2D eigenvalue weighted by Gasteiger charge is 2.23. The lowest BCUT2D eigenvalue weighted by molar-refractivity contribution is -0.111. The SMILES string of the molecule is C[C@@H](Nc1ncnc2cc(OCC3CC3)c(NC(=O)C=CCN(C)CC3CCCO3)cc12)c1ccccc1. The van der Waals surface area contributed by atoms with Crippen LogP contribution in [0.3, 0.4) is 0 Å². The van der Waals surface area contributed by atoms with E-state index in [0.29, 0.717) is 42.4 Å². The molecule has 1 aromatic heterocycles. The molecule has 2 fully saturated rings. The van der Waals surface area contributed by atoms with E-state index in [1.54, 1.807) is 12.4 Å². The van der Waals surface area contributed by atoms with Gasteiger partial charge in [0.05, 0.1) is 23.9 Å². The van der Waals surface area contributed by atoms with Gasteiger partial charge in [-0.1, -0.05) is 36.4 Å². The molecule has 0 spiro atoms. The van der Waals surface area contributed by atoms with E-state index in [2.05, 4.69) is 44.6 Å². The number of carbonyl (C=O) groups is 1. The maximum absolute atomic E-state index is 12.9. The summed E-state index contributed by atoms with van der Waals surface area (Å²) in [6, 6.07) is 14.1. The van der Waals surface area contributed by atoms with E-state index >= 15 is 0 Å². The molecule has 200 valence electrons. The molecule has 8 heteroatoms. The highest BCUT2D eigenvalue weighted by molar-refractivity contribution is 6.03. The van der Waals surface area contributed by atoms with Gasteiger partial charge < -0.3 is 25.0 Å². The molecule has 1 saturated carbocycles. The molecule has 2 aromatic carbocycles. The van der Waals surface area contributed by atoms with Crippen LogP contribution in [0, 0.1) is 5.92 Å². The van der Waals surface area contributed by atoms with E-state index in [1.807, 2.05) is 43.5 Å². The lowest BCUT2D eigenvalue weighted by Gasteiger charge is -2.18. The van der Waals surface area contributed by atoms with Gasteiger partial charge in [-0.2, -0.15) is 0 Å². The zero-order chi connectivity index (χ0) is 26.3. The number of fused-ring (bicyclic) bond motifs is 1. The average molecular weight is 516 g/mol. The van der Waals surface area contributed by atoms with Crippen molar-refractivity contribution in [2.24, 2.45) is 5.92 Å². The van der Waals surface area contributed by atoms with Crippen LogP contribution in [0.4, 0.5) is 11.5 Å². The fourth-order valence-electron chi connectivity index (χ4n) is 4.66. The zero-order valence-electron chi connectivity index (χ0n) is 22.2. The number of benzene rings is 2. The van der Waals surface area contributed by atoms with E-state index in [9.17, 15) is 4.79 Å². The van der Waals surface area contributed by atoms with Crippen molar-refractivity contribution < 1.29 is 14.3 Å². The minimum atomic E-state index is -0.199. The lowest BCUT2D eigenvalue weighted by Crippen LogP contribution is -2.28. The minimum Gasteiger partial charge on any atom is -0.491 e. The topological polar surface area (TPSA) is 88.6 Å². The molecular weight excluding hydrogens is 478 g/mol.